The van der Waals surface area contributed by atoms with Gasteiger partial charge >= 0.3 is 12.1 Å². The van der Waals surface area contributed by atoms with Crippen LogP contribution in [0.5, 0.6) is 0 Å². The van der Waals surface area contributed by atoms with Crippen LogP contribution >= 0.6 is 0 Å². The first-order valence-corrected chi connectivity index (χ1v) is 10.4. The monoisotopic (exact) mass is 420 g/mol. The molecule has 2 saturated heterocycles. The predicted octanol–water partition coefficient (Wildman–Crippen LogP) is 2.61. The normalized spacial score (nSPS) is 22.1. The van der Waals surface area contributed by atoms with Crippen molar-refractivity contribution in [2.24, 2.45) is 5.92 Å². The van der Waals surface area contributed by atoms with Crippen LogP contribution in [0.2, 0.25) is 0 Å². The number of nitrogens with zero attached hydrogens (tertiary/aromatic N) is 4. The molecule has 1 aromatic heterocycles. The zero-order valence-electron chi connectivity index (χ0n) is 18.5. The van der Waals surface area contributed by atoms with Gasteiger partial charge in [0.15, 0.2) is 0 Å². The number of aromatic nitrogens is 2. The van der Waals surface area contributed by atoms with Crippen LogP contribution in [0.15, 0.2) is 18.6 Å². The SMILES string of the molecule is CC(C)(C)OC(=O)N1C(COC(=O)C2CCN(c3cnccn3)CC2)COC1(C)C. The fourth-order valence-electron chi connectivity index (χ4n) is 3.78. The Kier molecular flexibility index (Phi) is 6.50. The largest absolute Gasteiger partial charge is 0.463 e. The molecule has 0 spiro atoms. The first kappa shape index (κ1) is 22.3. The first-order chi connectivity index (χ1) is 14.1. The van der Waals surface area contributed by atoms with E-state index in [2.05, 4.69) is 14.9 Å². The van der Waals surface area contributed by atoms with E-state index >= 15 is 0 Å². The lowest BCUT2D eigenvalue weighted by Crippen LogP contribution is -2.51. The van der Waals surface area contributed by atoms with Crippen molar-refractivity contribution in [3.8, 4) is 0 Å². The maximum atomic E-state index is 12.7. The van der Waals surface area contributed by atoms with E-state index in [9.17, 15) is 9.59 Å². The average molecular weight is 421 g/mol. The first-order valence-electron chi connectivity index (χ1n) is 10.4. The zero-order valence-corrected chi connectivity index (χ0v) is 18.5. The summed E-state index contributed by atoms with van der Waals surface area (Å²) in [6.07, 6.45) is 5.95. The van der Waals surface area contributed by atoms with Gasteiger partial charge in [-0.1, -0.05) is 0 Å². The summed E-state index contributed by atoms with van der Waals surface area (Å²) in [5.41, 5.74) is -1.43. The third-order valence-electron chi connectivity index (χ3n) is 5.28. The topological polar surface area (TPSA) is 94.1 Å². The number of hydrogen-bond donors (Lipinski definition) is 0. The van der Waals surface area contributed by atoms with Crippen molar-refractivity contribution in [3.63, 3.8) is 0 Å². The van der Waals surface area contributed by atoms with E-state index in [-0.39, 0.29) is 24.5 Å². The van der Waals surface area contributed by atoms with Gasteiger partial charge in [0, 0.05) is 25.5 Å². The Morgan fingerprint density at radius 2 is 1.93 bits per heavy atom. The summed E-state index contributed by atoms with van der Waals surface area (Å²) in [6.45, 7) is 10.9. The van der Waals surface area contributed by atoms with Gasteiger partial charge in [-0.05, 0) is 47.5 Å². The van der Waals surface area contributed by atoms with Crippen molar-refractivity contribution >= 4 is 17.9 Å². The number of esters is 1. The molecule has 1 atom stereocenters. The van der Waals surface area contributed by atoms with Gasteiger partial charge in [-0.3, -0.25) is 14.7 Å². The van der Waals surface area contributed by atoms with E-state index in [0.717, 1.165) is 18.9 Å². The number of anilines is 1. The molecule has 0 radical (unpaired) electrons. The molecule has 0 N–H and O–H groups in total. The van der Waals surface area contributed by atoms with Crippen molar-refractivity contribution in [3.05, 3.63) is 18.6 Å². The minimum Gasteiger partial charge on any atom is -0.463 e. The number of rotatable bonds is 4. The molecule has 9 nitrogen and oxygen atoms in total. The quantitative estimate of drug-likeness (QED) is 0.686. The zero-order chi connectivity index (χ0) is 21.9. The van der Waals surface area contributed by atoms with Gasteiger partial charge in [-0.25, -0.2) is 9.78 Å². The smallest absolute Gasteiger partial charge is 0.413 e. The summed E-state index contributed by atoms with van der Waals surface area (Å²) in [6, 6.07) is -0.376. The molecule has 9 heteroatoms. The van der Waals surface area contributed by atoms with Crippen molar-refractivity contribution in [2.45, 2.75) is 64.8 Å². The molecule has 2 aliphatic rings. The van der Waals surface area contributed by atoms with Gasteiger partial charge in [0.2, 0.25) is 0 Å². The van der Waals surface area contributed by atoms with Crippen LogP contribution in [0.25, 0.3) is 0 Å². The van der Waals surface area contributed by atoms with Crippen LogP contribution in [0, 0.1) is 5.92 Å². The standard InChI is InChI=1S/C21H32N4O5/c1-20(2,3)30-19(27)25-16(14-29-21(25,4)5)13-28-18(26)15-6-10-24(11-7-15)17-12-22-8-9-23-17/h8-9,12,15-16H,6-7,10-11,13-14H2,1-5H3. The minimum absolute atomic E-state index is 0.0892. The van der Waals surface area contributed by atoms with Crippen molar-refractivity contribution in [2.75, 3.05) is 31.2 Å². The van der Waals surface area contributed by atoms with Crippen LogP contribution in [0.1, 0.15) is 47.5 Å². The molecule has 0 aliphatic carbocycles. The number of carbonyl (C=O) groups excluding carboxylic acids is 2. The molecule has 0 bridgehead atoms. The van der Waals surface area contributed by atoms with Crippen LogP contribution in [0.3, 0.4) is 0 Å². The van der Waals surface area contributed by atoms with Crippen LogP contribution in [0.4, 0.5) is 10.6 Å². The van der Waals surface area contributed by atoms with Crippen molar-refractivity contribution < 1.29 is 23.8 Å². The Morgan fingerprint density at radius 1 is 1.23 bits per heavy atom. The summed E-state index contributed by atoms with van der Waals surface area (Å²) in [7, 11) is 0. The van der Waals surface area contributed by atoms with Gasteiger partial charge < -0.3 is 19.1 Å². The average Bonchev–Trinajstić information content (AvgIpc) is 3.00. The molecule has 1 aromatic rings. The van der Waals surface area contributed by atoms with Crippen molar-refractivity contribution in [1.82, 2.24) is 14.9 Å². The highest BCUT2D eigenvalue weighted by atomic mass is 16.6. The third kappa shape index (κ3) is 5.38. The Bertz CT molecular complexity index is 742. The lowest BCUT2D eigenvalue weighted by molar-refractivity contribution is -0.151. The summed E-state index contributed by atoms with van der Waals surface area (Å²) in [4.78, 5) is 37.3. The van der Waals surface area contributed by atoms with E-state index in [1.165, 1.54) is 4.90 Å². The Balaban J connectivity index is 1.52. The molecule has 0 aromatic carbocycles. The number of carbonyl (C=O) groups is 2. The maximum absolute atomic E-state index is 12.7. The van der Waals surface area contributed by atoms with Gasteiger partial charge in [-0.15, -0.1) is 0 Å². The highest BCUT2D eigenvalue weighted by molar-refractivity contribution is 5.73. The molecule has 30 heavy (non-hydrogen) atoms. The molecular formula is C21H32N4O5. The van der Waals surface area contributed by atoms with Crippen LogP contribution in [-0.4, -0.2) is 70.6 Å². The molecule has 1 unspecified atom stereocenters. The number of piperidine rings is 1. The lowest BCUT2D eigenvalue weighted by Gasteiger charge is -2.35. The molecule has 3 heterocycles. The number of hydrogen-bond acceptors (Lipinski definition) is 8. The molecular weight excluding hydrogens is 388 g/mol. The van der Waals surface area contributed by atoms with E-state index in [1.54, 1.807) is 32.4 Å². The maximum Gasteiger partial charge on any atom is 0.413 e. The molecule has 2 fully saturated rings. The van der Waals surface area contributed by atoms with Crippen molar-refractivity contribution in [1.29, 1.82) is 0 Å². The van der Waals surface area contributed by atoms with Crippen LogP contribution < -0.4 is 4.90 Å². The molecule has 1 amide bonds. The molecule has 3 rings (SSSR count). The Morgan fingerprint density at radius 3 is 2.53 bits per heavy atom. The van der Waals surface area contributed by atoms with Gasteiger partial charge in [-0.2, -0.15) is 0 Å². The van der Waals surface area contributed by atoms with E-state index in [1.807, 2.05) is 20.8 Å². The highest BCUT2D eigenvalue weighted by Gasteiger charge is 2.46. The minimum atomic E-state index is -0.818. The third-order valence-corrected chi connectivity index (χ3v) is 5.28. The second-order valence-corrected chi connectivity index (χ2v) is 9.22. The highest BCUT2D eigenvalue weighted by Crippen LogP contribution is 2.30. The number of ether oxygens (including phenoxy) is 3. The summed E-state index contributed by atoms with van der Waals surface area (Å²) >= 11 is 0. The second-order valence-electron chi connectivity index (χ2n) is 9.22. The fourth-order valence-corrected chi connectivity index (χ4v) is 3.78. The summed E-state index contributed by atoms with van der Waals surface area (Å²) in [5, 5.41) is 0. The Hall–Kier alpha value is -2.42. The van der Waals surface area contributed by atoms with Gasteiger partial charge in [0.05, 0.1) is 24.8 Å². The molecule has 0 saturated carbocycles. The summed E-state index contributed by atoms with van der Waals surface area (Å²) < 4.78 is 16.9. The lowest BCUT2D eigenvalue weighted by atomic mass is 9.97. The number of amides is 1. The molecule has 2 aliphatic heterocycles. The predicted molar refractivity (Wildman–Crippen MR) is 110 cm³/mol. The van der Waals surface area contributed by atoms with E-state index < -0.39 is 17.4 Å². The van der Waals surface area contributed by atoms with E-state index in [0.29, 0.717) is 19.4 Å². The molecule has 166 valence electrons. The van der Waals surface area contributed by atoms with Gasteiger partial charge in [0.1, 0.15) is 23.8 Å². The second kappa shape index (κ2) is 8.75. The van der Waals surface area contributed by atoms with Gasteiger partial charge in [0.25, 0.3) is 0 Å². The van der Waals surface area contributed by atoms with E-state index in [4.69, 9.17) is 14.2 Å². The van der Waals surface area contributed by atoms with Crippen LogP contribution in [-0.2, 0) is 19.0 Å². The fraction of sp³-hybridized carbons (Fsp3) is 0.714. The Labute approximate surface area is 177 Å². The summed E-state index contributed by atoms with van der Waals surface area (Å²) in [5.74, 6) is 0.425.